The Bertz CT molecular complexity index is 325. The molecule has 1 fully saturated rings. The predicted molar refractivity (Wildman–Crippen MR) is 65.4 cm³/mol. The highest BCUT2D eigenvalue weighted by atomic mass is 14.9. The lowest BCUT2D eigenvalue weighted by atomic mass is 9.96. The van der Waals surface area contributed by atoms with E-state index in [1.807, 2.05) is 0 Å². The largest absolute Gasteiger partial charge is 0.314 e. The van der Waals surface area contributed by atoms with Crippen LogP contribution < -0.4 is 5.32 Å². The van der Waals surface area contributed by atoms with E-state index in [-0.39, 0.29) is 0 Å². The first-order valence-corrected chi connectivity index (χ1v) is 5.97. The molecule has 0 aliphatic carbocycles. The second-order valence-electron chi connectivity index (χ2n) is 4.85. The van der Waals surface area contributed by atoms with Crippen LogP contribution in [0.4, 0.5) is 0 Å². The van der Waals surface area contributed by atoms with Gasteiger partial charge in [0, 0.05) is 6.04 Å². The average Bonchev–Trinajstić information content (AvgIpc) is 2.66. The zero-order valence-corrected chi connectivity index (χ0v) is 10.1. The summed E-state index contributed by atoms with van der Waals surface area (Å²) in [6.07, 6.45) is 3.88. The molecule has 0 bridgehead atoms. The maximum absolute atomic E-state index is 3.56. The van der Waals surface area contributed by atoms with E-state index in [9.17, 15) is 0 Å². The molecule has 1 heteroatoms. The van der Waals surface area contributed by atoms with Crippen LogP contribution in [0, 0.1) is 20.8 Å². The quantitative estimate of drug-likeness (QED) is 0.779. The van der Waals surface area contributed by atoms with Crippen molar-refractivity contribution in [1.29, 1.82) is 0 Å². The number of aryl methyl sites for hydroxylation is 2. The topological polar surface area (TPSA) is 12.0 Å². The molecule has 0 aromatic heterocycles. The number of benzene rings is 1. The zero-order valence-electron chi connectivity index (χ0n) is 10.1. The molecule has 0 radical (unpaired) electrons. The van der Waals surface area contributed by atoms with E-state index in [0.29, 0.717) is 6.04 Å². The molecule has 82 valence electrons. The lowest BCUT2D eigenvalue weighted by molar-refractivity contribution is 0.602. The highest BCUT2D eigenvalue weighted by Gasteiger charge is 2.14. The molecule has 1 N–H and O–H groups in total. The van der Waals surface area contributed by atoms with Gasteiger partial charge in [0.2, 0.25) is 0 Å². The third-order valence-corrected chi connectivity index (χ3v) is 3.63. The van der Waals surface area contributed by atoms with Gasteiger partial charge in [0.05, 0.1) is 0 Å². The Morgan fingerprint density at radius 1 is 1.20 bits per heavy atom. The van der Waals surface area contributed by atoms with Gasteiger partial charge in [0.25, 0.3) is 0 Å². The summed E-state index contributed by atoms with van der Waals surface area (Å²) >= 11 is 0. The molecular formula is C14H21N. The number of hydrogen-bond acceptors (Lipinski definition) is 1. The van der Waals surface area contributed by atoms with Gasteiger partial charge >= 0.3 is 0 Å². The first kappa shape index (κ1) is 10.7. The van der Waals surface area contributed by atoms with Crippen LogP contribution in [0.1, 0.15) is 35.1 Å². The maximum atomic E-state index is 3.56. The van der Waals surface area contributed by atoms with Crippen molar-refractivity contribution in [1.82, 2.24) is 5.32 Å². The van der Waals surface area contributed by atoms with Gasteiger partial charge in [-0.3, -0.25) is 0 Å². The molecule has 0 spiro atoms. The fourth-order valence-electron chi connectivity index (χ4n) is 2.46. The van der Waals surface area contributed by atoms with Crippen molar-refractivity contribution in [3.63, 3.8) is 0 Å². The lowest BCUT2D eigenvalue weighted by Crippen LogP contribution is -2.23. The smallest absolute Gasteiger partial charge is 0.0108 e. The molecule has 0 saturated carbocycles. The van der Waals surface area contributed by atoms with Crippen LogP contribution in [-0.4, -0.2) is 12.6 Å². The first-order chi connectivity index (χ1) is 7.16. The van der Waals surface area contributed by atoms with Crippen LogP contribution in [0.5, 0.6) is 0 Å². The normalized spacial score (nSPS) is 20.9. The maximum Gasteiger partial charge on any atom is 0.0108 e. The summed E-state index contributed by atoms with van der Waals surface area (Å²) in [5.74, 6) is 0. The highest BCUT2D eigenvalue weighted by Crippen LogP contribution is 2.18. The Hall–Kier alpha value is -0.820. The lowest BCUT2D eigenvalue weighted by Gasteiger charge is -2.13. The molecule has 15 heavy (non-hydrogen) atoms. The van der Waals surface area contributed by atoms with Crippen LogP contribution in [0.2, 0.25) is 0 Å². The third kappa shape index (κ3) is 2.40. The van der Waals surface area contributed by atoms with Gasteiger partial charge < -0.3 is 5.32 Å². The Morgan fingerprint density at radius 2 is 1.87 bits per heavy atom. The van der Waals surface area contributed by atoms with E-state index in [1.165, 1.54) is 48.1 Å². The molecular weight excluding hydrogens is 182 g/mol. The number of hydrogen-bond donors (Lipinski definition) is 1. The Labute approximate surface area is 92.9 Å². The van der Waals surface area contributed by atoms with Crippen LogP contribution >= 0.6 is 0 Å². The zero-order chi connectivity index (χ0) is 10.8. The van der Waals surface area contributed by atoms with Gasteiger partial charge in [-0.25, -0.2) is 0 Å². The minimum absolute atomic E-state index is 0.714. The molecule has 1 nitrogen and oxygen atoms in total. The van der Waals surface area contributed by atoms with Crippen molar-refractivity contribution < 1.29 is 0 Å². The monoisotopic (exact) mass is 203 g/mol. The van der Waals surface area contributed by atoms with E-state index >= 15 is 0 Å². The van der Waals surface area contributed by atoms with Gasteiger partial charge in [0.15, 0.2) is 0 Å². The van der Waals surface area contributed by atoms with Crippen molar-refractivity contribution in [2.45, 2.75) is 46.1 Å². The first-order valence-electron chi connectivity index (χ1n) is 5.97. The molecule has 1 unspecified atom stereocenters. The summed E-state index contributed by atoms with van der Waals surface area (Å²) in [4.78, 5) is 0. The summed E-state index contributed by atoms with van der Waals surface area (Å²) in [6, 6.07) is 5.41. The van der Waals surface area contributed by atoms with E-state index in [4.69, 9.17) is 0 Å². The van der Waals surface area contributed by atoms with Gasteiger partial charge in [0.1, 0.15) is 0 Å². The SMILES string of the molecule is Cc1cc(CC2CCCN2)cc(C)c1C. The molecule has 1 aliphatic rings. The summed E-state index contributed by atoms with van der Waals surface area (Å²) in [5, 5.41) is 3.56. The second kappa shape index (κ2) is 4.36. The fraction of sp³-hybridized carbons (Fsp3) is 0.571. The van der Waals surface area contributed by atoms with Crippen LogP contribution in [0.3, 0.4) is 0 Å². The molecule has 1 saturated heterocycles. The highest BCUT2D eigenvalue weighted by molar-refractivity contribution is 5.37. The van der Waals surface area contributed by atoms with E-state index in [1.54, 1.807) is 0 Å². The Morgan fingerprint density at radius 3 is 2.40 bits per heavy atom. The Balaban J connectivity index is 2.14. The fourth-order valence-corrected chi connectivity index (χ4v) is 2.46. The van der Waals surface area contributed by atoms with Crippen molar-refractivity contribution >= 4 is 0 Å². The molecule has 2 rings (SSSR count). The second-order valence-corrected chi connectivity index (χ2v) is 4.85. The van der Waals surface area contributed by atoms with Crippen molar-refractivity contribution in [3.8, 4) is 0 Å². The molecule has 1 aliphatic heterocycles. The van der Waals surface area contributed by atoms with Gasteiger partial charge in [-0.15, -0.1) is 0 Å². The van der Waals surface area contributed by atoms with Gasteiger partial charge in [-0.1, -0.05) is 12.1 Å². The Kier molecular flexibility index (Phi) is 3.11. The van der Waals surface area contributed by atoms with Crippen molar-refractivity contribution in [3.05, 3.63) is 34.4 Å². The van der Waals surface area contributed by atoms with E-state index in [0.717, 1.165) is 0 Å². The average molecular weight is 203 g/mol. The number of rotatable bonds is 2. The summed E-state index contributed by atoms with van der Waals surface area (Å²) in [5.41, 5.74) is 5.80. The molecule has 1 aromatic carbocycles. The van der Waals surface area contributed by atoms with Crippen LogP contribution in [0.15, 0.2) is 12.1 Å². The summed E-state index contributed by atoms with van der Waals surface area (Å²) in [6.45, 7) is 7.85. The van der Waals surface area contributed by atoms with Crippen molar-refractivity contribution in [2.24, 2.45) is 0 Å². The minimum Gasteiger partial charge on any atom is -0.314 e. The van der Waals surface area contributed by atoms with Gasteiger partial charge in [-0.05, 0) is 68.8 Å². The molecule has 0 amide bonds. The summed E-state index contributed by atoms with van der Waals surface area (Å²) in [7, 11) is 0. The van der Waals surface area contributed by atoms with Gasteiger partial charge in [-0.2, -0.15) is 0 Å². The van der Waals surface area contributed by atoms with Crippen LogP contribution in [0.25, 0.3) is 0 Å². The number of nitrogens with one attached hydrogen (secondary N) is 1. The molecule has 1 aromatic rings. The standard InChI is InChI=1S/C14H21N/c1-10-7-13(8-11(2)12(10)3)9-14-5-4-6-15-14/h7-8,14-15H,4-6,9H2,1-3H3. The molecule has 1 atom stereocenters. The van der Waals surface area contributed by atoms with E-state index < -0.39 is 0 Å². The van der Waals surface area contributed by atoms with E-state index in [2.05, 4.69) is 38.2 Å². The van der Waals surface area contributed by atoms with Crippen molar-refractivity contribution in [2.75, 3.05) is 6.54 Å². The third-order valence-electron chi connectivity index (χ3n) is 3.63. The van der Waals surface area contributed by atoms with Crippen LogP contribution in [-0.2, 0) is 6.42 Å². The predicted octanol–water partition coefficient (Wildman–Crippen LogP) is 2.91. The summed E-state index contributed by atoms with van der Waals surface area (Å²) < 4.78 is 0. The molecule has 1 heterocycles. The minimum atomic E-state index is 0.714.